The number of carbonyl (C=O) groups is 1. The molecule has 0 aliphatic carbocycles. The molecule has 5 heteroatoms. The van der Waals surface area contributed by atoms with Crippen LogP contribution in [-0.2, 0) is 22.6 Å². The second kappa shape index (κ2) is 7.23. The summed E-state index contributed by atoms with van der Waals surface area (Å²) in [5, 5.41) is 10.6. The Kier molecular flexibility index (Phi) is 5.32. The minimum Gasteiger partial charge on any atom is -0.478 e. The normalized spacial score (nSPS) is 11.2. The number of thiophene rings is 2. The third-order valence-corrected chi connectivity index (χ3v) is 4.35. The summed E-state index contributed by atoms with van der Waals surface area (Å²) in [5.41, 5.74) is 0. The van der Waals surface area contributed by atoms with Gasteiger partial charge in [0.05, 0.1) is 13.2 Å². The number of aliphatic carboxylic acids is 1. The Bertz CT molecular complexity index is 541. The molecular weight excluding hydrogens is 280 g/mol. The van der Waals surface area contributed by atoms with Gasteiger partial charge in [0.25, 0.3) is 0 Å². The lowest BCUT2D eigenvalue weighted by atomic mass is 10.3. The lowest BCUT2D eigenvalue weighted by Crippen LogP contribution is -1.96. The van der Waals surface area contributed by atoms with E-state index in [1.807, 2.05) is 18.2 Å². The van der Waals surface area contributed by atoms with Gasteiger partial charge in [0, 0.05) is 27.1 Å². The standard InChI is InChI=1S/C14H14O3S2/c15-14(16)6-5-12-3-4-13(19-12)10-17-8-7-11-2-1-9-18-11/h1-6,9H,7-8,10H2,(H,15,16). The first-order valence-corrected chi connectivity index (χ1v) is 7.53. The molecule has 3 nitrogen and oxygen atoms in total. The van der Waals surface area contributed by atoms with Crippen molar-refractivity contribution in [2.75, 3.05) is 6.61 Å². The van der Waals surface area contributed by atoms with Crippen molar-refractivity contribution in [1.82, 2.24) is 0 Å². The Morgan fingerprint density at radius 1 is 1.32 bits per heavy atom. The Morgan fingerprint density at radius 3 is 2.95 bits per heavy atom. The van der Waals surface area contributed by atoms with Crippen LogP contribution in [0.4, 0.5) is 0 Å². The lowest BCUT2D eigenvalue weighted by molar-refractivity contribution is -0.131. The quantitative estimate of drug-likeness (QED) is 0.626. The highest BCUT2D eigenvalue weighted by Crippen LogP contribution is 2.19. The molecular formula is C14H14O3S2. The van der Waals surface area contributed by atoms with Gasteiger partial charge >= 0.3 is 5.97 Å². The molecule has 0 aromatic carbocycles. The zero-order valence-corrected chi connectivity index (χ0v) is 11.9. The van der Waals surface area contributed by atoms with Gasteiger partial charge in [-0.1, -0.05) is 6.07 Å². The van der Waals surface area contributed by atoms with E-state index in [0.29, 0.717) is 13.2 Å². The summed E-state index contributed by atoms with van der Waals surface area (Å²) in [5.74, 6) is -0.929. The molecule has 0 radical (unpaired) electrons. The van der Waals surface area contributed by atoms with E-state index in [-0.39, 0.29) is 0 Å². The average molecular weight is 294 g/mol. The van der Waals surface area contributed by atoms with Crippen LogP contribution < -0.4 is 0 Å². The number of hydrogen-bond donors (Lipinski definition) is 1. The van der Waals surface area contributed by atoms with Crippen LogP contribution >= 0.6 is 22.7 Å². The van der Waals surface area contributed by atoms with E-state index in [1.165, 1.54) is 4.88 Å². The highest BCUT2D eigenvalue weighted by Gasteiger charge is 1.99. The zero-order chi connectivity index (χ0) is 13.5. The van der Waals surface area contributed by atoms with Crippen molar-refractivity contribution in [2.45, 2.75) is 13.0 Å². The Labute approximate surface area is 119 Å². The van der Waals surface area contributed by atoms with Gasteiger partial charge in [0.2, 0.25) is 0 Å². The van der Waals surface area contributed by atoms with Crippen LogP contribution in [0.15, 0.2) is 35.7 Å². The maximum absolute atomic E-state index is 10.4. The van der Waals surface area contributed by atoms with Crippen LogP contribution in [0.1, 0.15) is 14.6 Å². The first-order chi connectivity index (χ1) is 9.24. The van der Waals surface area contributed by atoms with Crippen molar-refractivity contribution in [2.24, 2.45) is 0 Å². The van der Waals surface area contributed by atoms with Crippen molar-refractivity contribution < 1.29 is 14.6 Å². The van der Waals surface area contributed by atoms with Gasteiger partial charge in [0.1, 0.15) is 0 Å². The molecule has 1 N–H and O–H groups in total. The first kappa shape index (κ1) is 14.0. The molecule has 19 heavy (non-hydrogen) atoms. The molecule has 0 saturated carbocycles. The summed E-state index contributed by atoms with van der Waals surface area (Å²) in [7, 11) is 0. The van der Waals surface area contributed by atoms with E-state index in [1.54, 1.807) is 28.7 Å². The van der Waals surface area contributed by atoms with Crippen LogP contribution in [0.5, 0.6) is 0 Å². The molecule has 0 amide bonds. The summed E-state index contributed by atoms with van der Waals surface area (Å²) < 4.78 is 5.61. The van der Waals surface area contributed by atoms with Crippen LogP contribution in [0.2, 0.25) is 0 Å². The van der Waals surface area contributed by atoms with E-state index in [4.69, 9.17) is 9.84 Å². The molecule has 2 rings (SSSR count). The van der Waals surface area contributed by atoms with E-state index in [0.717, 1.165) is 22.3 Å². The third-order valence-electron chi connectivity index (χ3n) is 2.39. The van der Waals surface area contributed by atoms with Crippen molar-refractivity contribution in [3.63, 3.8) is 0 Å². The summed E-state index contributed by atoms with van der Waals surface area (Å²) in [4.78, 5) is 13.8. The zero-order valence-electron chi connectivity index (χ0n) is 10.2. The van der Waals surface area contributed by atoms with Gasteiger partial charge in [-0.15, -0.1) is 22.7 Å². The fourth-order valence-corrected chi connectivity index (χ4v) is 3.06. The number of carboxylic acids is 1. The maximum atomic E-state index is 10.4. The van der Waals surface area contributed by atoms with Crippen LogP contribution in [0, 0.1) is 0 Å². The first-order valence-electron chi connectivity index (χ1n) is 5.84. The fourth-order valence-electron chi connectivity index (χ4n) is 1.52. The minimum atomic E-state index is -0.929. The van der Waals surface area contributed by atoms with Gasteiger partial charge < -0.3 is 9.84 Å². The Hall–Kier alpha value is -1.43. The summed E-state index contributed by atoms with van der Waals surface area (Å²) >= 11 is 3.29. The molecule has 0 aliphatic heterocycles. The smallest absolute Gasteiger partial charge is 0.328 e. The molecule has 0 unspecified atom stereocenters. The number of ether oxygens (including phenoxy) is 1. The van der Waals surface area contributed by atoms with E-state index in [2.05, 4.69) is 11.4 Å². The highest BCUT2D eigenvalue weighted by atomic mass is 32.1. The molecule has 2 aromatic heterocycles. The molecule has 0 aliphatic rings. The minimum absolute atomic E-state index is 0.580. The topological polar surface area (TPSA) is 46.5 Å². The predicted molar refractivity (Wildman–Crippen MR) is 78.7 cm³/mol. The Morgan fingerprint density at radius 2 is 2.21 bits per heavy atom. The monoisotopic (exact) mass is 294 g/mol. The van der Waals surface area contributed by atoms with Crippen LogP contribution in [0.25, 0.3) is 6.08 Å². The second-order valence-electron chi connectivity index (χ2n) is 3.86. The molecule has 2 aromatic rings. The Balaban J connectivity index is 1.72. The van der Waals surface area contributed by atoms with E-state index >= 15 is 0 Å². The largest absolute Gasteiger partial charge is 0.478 e. The molecule has 0 atom stereocenters. The van der Waals surface area contributed by atoms with Crippen molar-refractivity contribution in [3.05, 3.63) is 50.4 Å². The number of carboxylic acid groups (broad SMARTS) is 1. The van der Waals surface area contributed by atoms with Crippen molar-refractivity contribution in [1.29, 1.82) is 0 Å². The van der Waals surface area contributed by atoms with Gasteiger partial charge in [-0.25, -0.2) is 4.79 Å². The maximum Gasteiger partial charge on any atom is 0.328 e. The van der Waals surface area contributed by atoms with Gasteiger partial charge in [-0.3, -0.25) is 0 Å². The highest BCUT2D eigenvalue weighted by molar-refractivity contribution is 7.12. The summed E-state index contributed by atoms with van der Waals surface area (Å²) in [6.07, 6.45) is 3.68. The molecule has 0 bridgehead atoms. The number of rotatable bonds is 7. The second-order valence-corrected chi connectivity index (χ2v) is 6.09. The number of hydrogen-bond acceptors (Lipinski definition) is 4. The molecule has 0 saturated heterocycles. The SMILES string of the molecule is O=C(O)C=Cc1ccc(COCCc2cccs2)s1. The van der Waals surface area contributed by atoms with Gasteiger partial charge in [-0.05, 0) is 29.7 Å². The summed E-state index contributed by atoms with van der Waals surface area (Å²) in [6, 6.07) is 8.02. The molecule has 0 spiro atoms. The predicted octanol–water partition coefficient (Wildman–Crippen LogP) is 3.67. The fraction of sp³-hybridized carbons (Fsp3) is 0.214. The average Bonchev–Trinajstić information content (AvgIpc) is 3.04. The molecule has 2 heterocycles. The summed E-state index contributed by atoms with van der Waals surface area (Å²) in [6.45, 7) is 1.29. The molecule has 0 fully saturated rings. The van der Waals surface area contributed by atoms with Gasteiger partial charge in [-0.2, -0.15) is 0 Å². The van der Waals surface area contributed by atoms with Crippen molar-refractivity contribution in [3.8, 4) is 0 Å². The lowest BCUT2D eigenvalue weighted by Gasteiger charge is -2.00. The third kappa shape index (κ3) is 4.98. The van der Waals surface area contributed by atoms with E-state index < -0.39 is 5.97 Å². The van der Waals surface area contributed by atoms with Crippen LogP contribution in [0.3, 0.4) is 0 Å². The van der Waals surface area contributed by atoms with Crippen molar-refractivity contribution >= 4 is 34.7 Å². The van der Waals surface area contributed by atoms with Gasteiger partial charge in [0.15, 0.2) is 0 Å². The van der Waals surface area contributed by atoms with Crippen LogP contribution in [-0.4, -0.2) is 17.7 Å². The van der Waals surface area contributed by atoms with E-state index in [9.17, 15) is 4.79 Å². The molecule has 100 valence electrons.